The number of nitrogens with one attached hydrogen (secondary N) is 3. The highest BCUT2D eigenvalue weighted by Crippen LogP contribution is 2.43. The number of aryl methyl sites for hydroxylation is 2. The second-order valence-electron chi connectivity index (χ2n) is 13.1. The van der Waals surface area contributed by atoms with Crippen LogP contribution in [0.3, 0.4) is 0 Å². The molecule has 44 heavy (non-hydrogen) atoms. The topological polar surface area (TPSA) is 90.1 Å². The molecule has 2 fully saturated rings. The van der Waals surface area contributed by atoms with E-state index >= 15 is 0 Å². The largest absolute Gasteiger partial charge is 0.354 e. The SMILES string of the molecule is Cc1cc(C)cc(-c2[nH]c3ccc(C(C)(C)C(=O)N4C5CCC4CC5)cc3c2[C@H](C)CNC(=O)Nc2cc(Cl)nc(Cl)c2)c1. The van der Waals surface area contributed by atoms with Crippen molar-refractivity contribution in [2.75, 3.05) is 11.9 Å². The summed E-state index contributed by atoms with van der Waals surface area (Å²) in [6, 6.07) is 16.4. The number of hydrogen-bond donors (Lipinski definition) is 3. The van der Waals surface area contributed by atoms with Gasteiger partial charge in [0.1, 0.15) is 10.3 Å². The number of H-pyrrole nitrogens is 1. The van der Waals surface area contributed by atoms with Crippen molar-refractivity contribution >= 4 is 51.7 Å². The Kier molecular flexibility index (Phi) is 8.14. The van der Waals surface area contributed by atoms with Gasteiger partial charge in [0, 0.05) is 41.1 Å². The first-order chi connectivity index (χ1) is 20.9. The summed E-state index contributed by atoms with van der Waals surface area (Å²) in [5.41, 5.74) is 7.37. The van der Waals surface area contributed by atoms with Crippen LogP contribution in [0, 0.1) is 13.8 Å². The number of hydrogen-bond acceptors (Lipinski definition) is 3. The Morgan fingerprint density at radius 3 is 2.20 bits per heavy atom. The van der Waals surface area contributed by atoms with Crippen molar-refractivity contribution in [2.45, 2.75) is 83.7 Å². The number of aromatic amines is 1. The molecule has 4 aromatic rings. The number of benzene rings is 2. The van der Waals surface area contributed by atoms with Crippen LogP contribution in [0.1, 0.15) is 74.6 Å². The van der Waals surface area contributed by atoms with Crippen molar-refractivity contribution < 1.29 is 9.59 Å². The van der Waals surface area contributed by atoms with Crippen molar-refractivity contribution in [3.05, 3.63) is 81.1 Å². The molecule has 0 saturated carbocycles. The van der Waals surface area contributed by atoms with Gasteiger partial charge in [-0.05, 0) is 106 Å². The van der Waals surface area contributed by atoms with E-state index in [9.17, 15) is 9.59 Å². The number of aromatic nitrogens is 2. The number of rotatable bonds is 7. The minimum Gasteiger partial charge on any atom is -0.354 e. The van der Waals surface area contributed by atoms with Crippen LogP contribution in [0.5, 0.6) is 0 Å². The molecular formula is C35H39Cl2N5O2. The molecule has 0 aliphatic carbocycles. The van der Waals surface area contributed by atoms with Gasteiger partial charge in [0.25, 0.3) is 0 Å². The minimum atomic E-state index is -0.664. The maximum absolute atomic E-state index is 14.0. The maximum atomic E-state index is 14.0. The van der Waals surface area contributed by atoms with Crippen LogP contribution in [-0.2, 0) is 10.2 Å². The Morgan fingerprint density at radius 1 is 0.977 bits per heavy atom. The first-order valence-corrected chi connectivity index (χ1v) is 16.1. The normalized spacial score (nSPS) is 18.6. The van der Waals surface area contributed by atoms with Crippen LogP contribution >= 0.6 is 23.2 Å². The Balaban J connectivity index is 1.34. The third kappa shape index (κ3) is 5.80. The van der Waals surface area contributed by atoms with E-state index in [2.05, 4.69) is 96.5 Å². The smallest absolute Gasteiger partial charge is 0.319 e. The molecule has 2 aromatic heterocycles. The van der Waals surface area contributed by atoms with Gasteiger partial charge in [0.05, 0.1) is 11.1 Å². The van der Waals surface area contributed by atoms with E-state index < -0.39 is 5.41 Å². The van der Waals surface area contributed by atoms with E-state index in [0.717, 1.165) is 59.0 Å². The molecule has 2 saturated heterocycles. The van der Waals surface area contributed by atoms with Gasteiger partial charge in [-0.15, -0.1) is 0 Å². The summed E-state index contributed by atoms with van der Waals surface area (Å²) >= 11 is 12.0. The quantitative estimate of drug-likeness (QED) is 0.179. The minimum absolute atomic E-state index is 0.0570. The highest BCUT2D eigenvalue weighted by molar-refractivity contribution is 6.33. The summed E-state index contributed by atoms with van der Waals surface area (Å²) in [7, 11) is 0. The number of carbonyl (C=O) groups is 2. The van der Waals surface area contributed by atoms with Crippen LogP contribution in [0.15, 0.2) is 48.5 Å². The summed E-state index contributed by atoms with van der Waals surface area (Å²) in [4.78, 5) is 36.7. The summed E-state index contributed by atoms with van der Waals surface area (Å²) in [5, 5.41) is 7.27. The second kappa shape index (κ2) is 11.8. The molecule has 0 radical (unpaired) electrons. The van der Waals surface area contributed by atoms with Gasteiger partial charge < -0.3 is 20.5 Å². The lowest BCUT2D eigenvalue weighted by Crippen LogP contribution is -2.45. The predicted molar refractivity (Wildman–Crippen MR) is 179 cm³/mol. The number of fused-ring (bicyclic) bond motifs is 3. The monoisotopic (exact) mass is 631 g/mol. The van der Waals surface area contributed by atoms with E-state index in [1.807, 2.05) is 0 Å². The molecule has 230 valence electrons. The highest BCUT2D eigenvalue weighted by atomic mass is 35.5. The van der Waals surface area contributed by atoms with Gasteiger partial charge in [0.15, 0.2) is 0 Å². The fraction of sp³-hybridized carbons (Fsp3) is 0.400. The first-order valence-electron chi connectivity index (χ1n) is 15.4. The van der Waals surface area contributed by atoms with Crippen LogP contribution in [0.4, 0.5) is 10.5 Å². The van der Waals surface area contributed by atoms with Gasteiger partial charge in [-0.3, -0.25) is 4.79 Å². The molecule has 1 atom stereocenters. The molecule has 0 spiro atoms. The third-order valence-corrected chi connectivity index (χ3v) is 9.76. The summed E-state index contributed by atoms with van der Waals surface area (Å²) in [6.45, 7) is 10.8. The Bertz CT molecular complexity index is 1700. The fourth-order valence-electron chi connectivity index (χ4n) is 7.21. The standard InChI is InChI=1S/C35H39Cl2N5O2/c1-19-12-20(2)14-22(13-19)32-31(21(3)18-38-34(44)39-24-16-29(36)41-30(37)17-24)27-15-23(6-11-28(27)40-32)35(4,5)33(43)42-25-7-8-26(42)10-9-25/h6,11-17,21,25-26,40H,7-10,18H2,1-5H3,(H2,38,39,41,44)/t21-,25?,26?/m1/s1. The van der Waals surface area contributed by atoms with E-state index in [1.54, 1.807) is 12.1 Å². The lowest BCUT2D eigenvalue weighted by atomic mass is 9.81. The Hall–Kier alpha value is -3.55. The molecule has 2 aliphatic heterocycles. The van der Waals surface area contributed by atoms with E-state index in [0.29, 0.717) is 24.3 Å². The van der Waals surface area contributed by atoms with Gasteiger partial charge in [-0.25, -0.2) is 9.78 Å². The average Bonchev–Trinajstić information content (AvgIpc) is 3.66. The summed E-state index contributed by atoms with van der Waals surface area (Å²) in [5.74, 6) is 0.162. The van der Waals surface area contributed by atoms with Crippen LogP contribution in [-0.4, -0.2) is 45.4 Å². The Morgan fingerprint density at radius 2 is 1.59 bits per heavy atom. The van der Waals surface area contributed by atoms with Crippen molar-refractivity contribution in [2.24, 2.45) is 0 Å². The number of amides is 3. The van der Waals surface area contributed by atoms with E-state index in [4.69, 9.17) is 23.2 Å². The average molecular weight is 633 g/mol. The number of anilines is 1. The molecule has 4 heterocycles. The third-order valence-electron chi connectivity index (χ3n) is 9.38. The lowest BCUT2D eigenvalue weighted by molar-refractivity contribution is -0.137. The van der Waals surface area contributed by atoms with E-state index in [-0.39, 0.29) is 28.2 Å². The second-order valence-corrected chi connectivity index (χ2v) is 13.9. The molecule has 3 N–H and O–H groups in total. The first kappa shape index (κ1) is 30.5. The van der Waals surface area contributed by atoms with Gasteiger partial charge in [0.2, 0.25) is 5.91 Å². The molecule has 0 unspecified atom stereocenters. The number of carbonyl (C=O) groups excluding carboxylic acids is 2. The van der Waals surface area contributed by atoms with Gasteiger partial charge in [-0.1, -0.05) is 53.4 Å². The molecule has 2 bridgehead atoms. The lowest BCUT2D eigenvalue weighted by Gasteiger charge is -2.33. The number of halogens is 2. The van der Waals surface area contributed by atoms with Gasteiger partial charge >= 0.3 is 6.03 Å². The summed E-state index contributed by atoms with van der Waals surface area (Å²) in [6.07, 6.45) is 4.47. The van der Waals surface area contributed by atoms with Crippen molar-refractivity contribution in [3.8, 4) is 11.3 Å². The zero-order chi connectivity index (χ0) is 31.3. The van der Waals surface area contributed by atoms with Crippen molar-refractivity contribution in [1.29, 1.82) is 0 Å². The van der Waals surface area contributed by atoms with Gasteiger partial charge in [-0.2, -0.15) is 0 Å². The zero-order valence-corrected chi connectivity index (χ0v) is 27.4. The highest BCUT2D eigenvalue weighted by Gasteiger charge is 2.47. The molecule has 7 nitrogen and oxygen atoms in total. The van der Waals surface area contributed by atoms with E-state index in [1.165, 1.54) is 11.1 Å². The maximum Gasteiger partial charge on any atom is 0.319 e. The predicted octanol–water partition coefficient (Wildman–Crippen LogP) is 8.51. The number of urea groups is 1. The molecule has 2 aliphatic rings. The summed E-state index contributed by atoms with van der Waals surface area (Å²) < 4.78 is 0. The van der Waals surface area contributed by atoms with Crippen LogP contribution in [0.2, 0.25) is 10.3 Å². The zero-order valence-electron chi connectivity index (χ0n) is 25.9. The number of nitrogens with zero attached hydrogens (tertiary/aromatic N) is 2. The fourth-order valence-corrected chi connectivity index (χ4v) is 7.67. The van der Waals surface area contributed by atoms with Crippen molar-refractivity contribution in [1.82, 2.24) is 20.2 Å². The molecule has 2 aromatic carbocycles. The molecule has 3 amide bonds. The van der Waals surface area contributed by atoms with Crippen molar-refractivity contribution in [3.63, 3.8) is 0 Å². The van der Waals surface area contributed by atoms with Crippen LogP contribution in [0.25, 0.3) is 22.2 Å². The molecule has 9 heteroatoms. The van der Waals surface area contributed by atoms with Crippen LogP contribution < -0.4 is 10.6 Å². The molecular weight excluding hydrogens is 593 g/mol. The molecule has 6 rings (SSSR count). The Labute approximate surface area is 268 Å². The number of pyridine rings is 1.